The van der Waals surface area contributed by atoms with Crippen LogP contribution >= 0.6 is 0 Å². The molecule has 5 heteroatoms. The molecule has 0 aliphatic carbocycles. The van der Waals surface area contributed by atoms with Crippen LogP contribution in [0.3, 0.4) is 0 Å². The zero-order valence-electron chi connectivity index (χ0n) is 14.1. The van der Waals surface area contributed by atoms with Gasteiger partial charge in [0.25, 0.3) is 0 Å². The summed E-state index contributed by atoms with van der Waals surface area (Å²) in [5.74, 6) is 0.313. The van der Waals surface area contributed by atoms with Gasteiger partial charge in [0.05, 0.1) is 0 Å². The first-order chi connectivity index (χ1) is 11.2. The van der Waals surface area contributed by atoms with Crippen molar-refractivity contribution in [2.75, 3.05) is 63.8 Å². The van der Waals surface area contributed by atoms with Gasteiger partial charge in [-0.3, -0.25) is 9.69 Å². The van der Waals surface area contributed by atoms with Gasteiger partial charge in [-0.15, -0.1) is 0 Å². The second-order valence-corrected chi connectivity index (χ2v) is 6.50. The molecule has 3 rings (SSSR count). The predicted octanol–water partition coefficient (Wildman–Crippen LogP) is 0.939. The van der Waals surface area contributed by atoms with Crippen molar-refractivity contribution in [3.63, 3.8) is 0 Å². The SMILES string of the molecule is Cc1ccccc1N1CCN(CCC(=O)N2CCNCC2)CC1. The van der Waals surface area contributed by atoms with E-state index in [4.69, 9.17) is 0 Å². The number of para-hydroxylation sites is 1. The van der Waals surface area contributed by atoms with E-state index >= 15 is 0 Å². The summed E-state index contributed by atoms with van der Waals surface area (Å²) in [6, 6.07) is 8.59. The van der Waals surface area contributed by atoms with Gasteiger partial charge in [0.1, 0.15) is 0 Å². The largest absolute Gasteiger partial charge is 0.369 e. The van der Waals surface area contributed by atoms with E-state index in [-0.39, 0.29) is 0 Å². The van der Waals surface area contributed by atoms with Crippen molar-refractivity contribution < 1.29 is 4.79 Å². The first-order valence-electron chi connectivity index (χ1n) is 8.75. The first kappa shape index (κ1) is 16.3. The van der Waals surface area contributed by atoms with Crippen molar-refractivity contribution in [1.29, 1.82) is 0 Å². The van der Waals surface area contributed by atoms with Crippen LogP contribution < -0.4 is 10.2 Å². The second-order valence-electron chi connectivity index (χ2n) is 6.50. The smallest absolute Gasteiger partial charge is 0.223 e. The van der Waals surface area contributed by atoms with Crippen LogP contribution in [0.1, 0.15) is 12.0 Å². The highest BCUT2D eigenvalue weighted by molar-refractivity contribution is 5.76. The molecule has 0 bridgehead atoms. The van der Waals surface area contributed by atoms with Crippen LogP contribution in [0, 0.1) is 6.92 Å². The number of nitrogens with one attached hydrogen (secondary N) is 1. The lowest BCUT2D eigenvalue weighted by atomic mass is 10.1. The molecule has 1 N–H and O–H groups in total. The Morgan fingerprint density at radius 3 is 2.43 bits per heavy atom. The molecule has 0 unspecified atom stereocenters. The summed E-state index contributed by atoms with van der Waals surface area (Å²) in [6.07, 6.45) is 0.657. The Morgan fingerprint density at radius 1 is 1.04 bits per heavy atom. The van der Waals surface area contributed by atoms with E-state index in [0.717, 1.165) is 58.9 Å². The fraction of sp³-hybridized carbons (Fsp3) is 0.611. The number of anilines is 1. The van der Waals surface area contributed by atoms with Crippen LogP contribution in [0.25, 0.3) is 0 Å². The molecule has 126 valence electrons. The number of piperazine rings is 2. The average molecular weight is 316 g/mol. The topological polar surface area (TPSA) is 38.8 Å². The van der Waals surface area contributed by atoms with Crippen molar-refractivity contribution in [3.8, 4) is 0 Å². The van der Waals surface area contributed by atoms with Crippen LogP contribution in [0.4, 0.5) is 5.69 Å². The molecule has 0 saturated carbocycles. The van der Waals surface area contributed by atoms with E-state index in [2.05, 4.69) is 46.3 Å². The molecule has 23 heavy (non-hydrogen) atoms. The van der Waals surface area contributed by atoms with Gasteiger partial charge in [0.15, 0.2) is 0 Å². The van der Waals surface area contributed by atoms with Gasteiger partial charge in [-0.05, 0) is 18.6 Å². The third-order valence-electron chi connectivity index (χ3n) is 4.94. The molecule has 1 aromatic carbocycles. The number of amides is 1. The summed E-state index contributed by atoms with van der Waals surface area (Å²) in [5.41, 5.74) is 2.69. The Balaban J connectivity index is 1.42. The molecule has 1 amide bonds. The maximum absolute atomic E-state index is 12.2. The quantitative estimate of drug-likeness (QED) is 0.897. The van der Waals surface area contributed by atoms with E-state index in [1.165, 1.54) is 11.3 Å². The molecule has 0 aromatic heterocycles. The Morgan fingerprint density at radius 2 is 1.74 bits per heavy atom. The van der Waals surface area contributed by atoms with E-state index in [1.54, 1.807) is 0 Å². The first-order valence-corrected chi connectivity index (χ1v) is 8.75. The van der Waals surface area contributed by atoms with Gasteiger partial charge < -0.3 is 15.1 Å². The standard InChI is InChI=1S/C18H28N4O/c1-16-4-2-3-5-17(16)21-14-12-20(13-15-21)9-6-18(23)22-10-7-19-8-11-22/h2-5,19H,6-15H2,1H3. The summed E-state index contributed by atoms with van der Waals surface area (Å²) in [4.78, 5) is 19.1. The summed E-state index contributed by atoms with van der Waals surface area (Å²) < 4.78 is 0. The molecule has 2 heterocycles. The van der Waals surface area contributed by atoms with Crippen LogP contribution in [0.15, 0.2) is 24.3 Å². The molecule has 2 fully saturated rings. The summed E-state index contributed by atoms with van der Waals surface area (Å²) in [7, 11) is 0. The molecule has 5 nitrogen and oxygen atoms in total. The Kier molecular flexibility index (Phi) is 5.51. The van der Waals surface area contributed by atoms with Crippen LogP contribution in [0.5, 0.6) is 0 Å². The third-order valence-corrected chi connectivity index (χ3v) is 4.94. The lowest BCUT2D eigenvalue weighted by Crippen LogP contribution is -2.49. The fourth-order valence-corrected chi connectivity index (χ4v) is 3.46. The van der Waals surface area contributed by atoms with E-state index in [1.807, 2.05) is 4.90 Å². The lowest BCUT2D eigenvalue weighted by molar-refractivity contribution is -0.132. The number of hydrogen-bond donors (Lipinski definition) is 1. The van der Waals surface area contributed by atoms with Crippen LogP contribution in [-0.2, 0) is 4.79 Å². The number of aryl methyl sites for hydroxylation is 1. The van der Waals surface area contributed by atoms with Gasteiger partial charge in [-0.2, -0.15) is 0 Å². The molecule has 2 aliphatic heterocycles. The molecule has 2 aliphatic rings. The summed E-state index contributed by atoms with van der Waals surface area (Å²) in [6.45, 7) is 10.8. The monoisotopic (exact) mass is 316 g/mol. The van der Waals surface area contributed by atoms with Gasteiger partial charge >= 0.3 is 0 Å². The fourth-order valence-electron chi connectivity index (χ4n) is 3.46. The van der Waals surface area contributed by atoms with Crippen molar-refractivity contribution in [1.82, 2.24) is 15.1 Å². The average Bonchev–Trinajstić information content (AvgIpc) is 2.61. The number of hydrogen-bond acceptors (Lipinski definition) is 4. The van der Waals surface area contributed by atoms with Crippen molar-refractivity contribution in [2.24, 2.45) is 0 Å². The van der Waals surface area contributed by atoms with Gasteiger partial charge in [0, 0.05) is 71.0 Å². The van der Waals surface area contributed by atoms with Gasteiger partial charge in [-0.1, -0.05) is 18.2 Å². The number of benzene rings is 1. The normalized spacial score (nSPS) is 19.9. The number of nitrogens with zero attached hydrogens (tertiary/aromatic N) is 3. The molecular weight excluding hydrogens is 288 g/mol. The molecule has 0 radical (unpaired) electrons. The maximum atomic E-state index is 12.2. The summed E-state index contributed by atoms with van der Waals surface area (Å²) in [5, 5.41) is 3.29. The minimum Gasteiger partial charge on any atom is -0.369 e. The molecule has 0 atom stereocenters. The second kappa shape index (κ2) is 7.79. The maximum Gasteiger partial charge on any atom is 0.223 e. The zero-order valence-corrected chi connectivity index (χ0v) is 14.1. The van der Waals surface area contributed by atoms with E-state index in [0.29, 0.717) is 12.3 Å². The number of carbonyl (C=O) groups excluding carboxylic acids is 1. The lowest BCUT2D eigenvalue weighted by Gasteiger charge is -2.37. The molecule has 1 aromatic rings. The van der Waals surface area contributed by atoms with Crippen LogP contribution in [0.2, 0.25) is 0 Å². The van der Waals surface area contributed by atoms with E-state index in [9.17, 15) is 4.79 Å². The Labute approximate surface area is 139 Å². The van der Waals surface area contributed by atoms with Crippen molar-refractivity contribution in [2.45, 2.75) is 13.3 Å². The third kappa shape index (κ3) is 4.24. The molecule has 2 saturated heterocycles. The molecular formula is C18H28N4O. The minimum atomic E-state index is 0.313. The Bertz CT molecular complexity index is 520. The number of rotatable bonds is 4. The predicted molar refractivity (Wildman–Crippen MR) is 93.9 cm³/mol. The summed E-state index contributed by atoms with van der Waals surface area (Å²) >= 11 is 0. The minimum absolute atomic E-state index is 0.313. The Hall–Kier alpha value is -1.59. The van der Waals surface area contributed by atoms with Crippen molar-refractivity contribution in [3.05, 3.63) is 29.8 Å². The zero-order chi connectivity index (χ0) is 16.1. The van der Waals surface area contributed by atoms with Crippen LogP contribution in [-0.4, -0.2) is 74.6 Å². The van der Waals surface area contributed by atoms with Crippen molar-refractivity contribution >= 4 is 11.6 Å². The number of carbonyl (C=O) groups is 1. The highest BCUT2D eigenvalue weighted by Gasteiger charge is 2.20. The highest BCUT2D eigenvalue weighted by Crippen LogP contribution is 2.20. The van der Waals surface area contributed by atoms with E-state index < -0.39 is 0 Å². The highest BCUT2D eigenvalue weighted by atomic mass is 16.2. The van der Waals surface area contributed by atoms with Gasteiger partial charge in [-0.25, -0.2) is 0 Å². The van der Waals surface area contributed by atoms with Gasteiger partial charge in [0.2, 0.25) is 5.91 Å². The molecule has 0 spiro atoms.